The zero-order valence-electron chi connectivity index (χ0n) is 11.7. The molecule has 0 unspecified atom stereocenters. The van der Waals surface area contributed by atoms with E-state index in [4.69, 9.17) is 16.2 Å². The van der Waals surface area contributed by atoms with Crippen molar-refractivity contribution in [3.8, 4) is 5.75 Å². The molecule has 1 aliphatic carbocycles. The van der Waals surface area contributed by atoms with Gasteiger partial charge in [-0.3, -0.25) is 0 Å². The lowest BCUT2D eigenvalue weighted by Gasteiger charge is -2.18. The molecule has 0 spiro atoms. The van der Waals surface area contributed by atoms with Crippen molar-refractivity contribution in [3.05, 3.63) is 53.1 Å². The number of benzene rings is 2. The highest BCUT2D eigenvalue weighted by atomic mass is 16.5. The maximum absolute atomic E-state index is 6.28. The fourth-order valence-electron chi connectivity index (χ4n) is 3.13. The molecular formula is C17H20N2O. The summed E-state index contributed by atoms with van der Waals surface area (Å²) < 4.78 is 5.59. The molecule has 0 radical (unpaired) electrons. The van der Waals surface area contributed by atoms with Crippen LogP contribution in [0.4, 0.5) is 11.4 Å². The van der Waals surface area contributed by atoms with Gasteiger partial charge in [0.15, 0.2) is 0 Å². The van der Waals surface area contributed by atoms with Crippen molar-refractivity contribution in [1.29, 1.82) is 0 Å². The standard InChI is InChI=1S/C17H20N2O/c1-2-20-15-8-7-14(18)16(17(15)19)13-9-11-5-3-4-6-12(11)10-13/h3-8,13H,2,9-10,18-19H2,1H3. The fourth-order valence-corrected chi connectivity index (χ4v) is 3.13. The van der Waals surface area contributed by atoms with Gasteiger partial charge >= 0.3 is 0 Å². The van der Waals surface area contributed by atoms with Crippen molar-refractivity contribution < 1.29 is 4.74 Å². The summed E-state index contributed by atoms with van der Waals surface area (Å²) in [5, 5.41) is 0. The van der Waals surface area contributed by atoms with Crippen molar-refractivity contribution >= 4 is 11.4 Å². The minimum atomic E-state index is 0.354. The third kappa shape index (κ3) is 2.09. The first-order valence-corrected chi connectivity index (χ1v) is 7.08. The molecule has 0 fully saturated rings. The third-order valence-electron chi connectivity index (χ3n) is 4.04. The number of nitrogens with two attached hydrogens (primary N) is 2. The van der Waals surface area contributed by atoms with E-state index >= 15 is 0 Å². The van der Waals surface area contributed by atoms with E-state index in [0.29, 0.717) is 18.2 Å². The van der Waals surface area contributed by atoms with Crippen molar-refractivity contribution in [3.63, 3.8) is 0 Å². The van der Waals surface area contributed by atoms with E-state index in [2.05, 4.69) is 24.3 Å². The number of anilines is 2. The Hall–Kier alpha value is -2.16. The molecule has 0 saturated heterocycles. The van der Waals surface area contributed by atoms with Gasteiger partial charge in [0.25, 0.3) is 0 Å². The highest BCUT2D eigenvalue weighted by Crippen LogP contribution is 2.42. The summed E-state index contributed by atoms with van der Waals surface area (Å²) in [6, 6.07) is 12.3. The summed E-state index contributed by atoms with van der Waals surface area (Å²) in [6.07, 6.45) is 2.00. The fraction of sp³-hybridized carbons (Fsp3) is 0.294. The molecule has 1 aliphatic rings. The summed E-state index contributed by atoms with van der Waals surface area (Å²) in [5.41, 5.74) is 17.8. The minimum Gasteiger partial charge on any atom is -0.492 e. The van der Waals surface area contributed by atoms with Crippen molar-refractivity contribution in [2.75, 3.05) is 18.1 Å². The molecule has 0 bridgehead atoms. The number of nitrogen functional groups attached to an aromatic ring is 2. The zero-order valence-corrected chi connectivity index (χ0v) is 11.7. The van der Waals surface area contributed by atoms with Gasteiger partial charge in [-0.25, -0.2) is 0 Å². The number of ether oxygens (including phenoxy) is 1. The predicted molar refractivity (Wildman–Crippen MR) is 83.0 cm³/mol. The van der Waals surface area contributed by atoms with Crippen LogP contribution in [0.5, 0.6) is 5.75 Å². The summed E-state index contributed by atoms with van der Waals surface area (Å²) in [7, 11) is 0. The second kappa shape index (κ2) is 5.08. The second-order valence-electron chi connectivity index (χ2n) is 5.29. The number of fused-ring (bicyclic) bond motifs is 1. The molecule has 2 aromatic carbocycles. The summed E-state index contributed by atoms with van der Waals surface area (Å²) >= 11 is 0. The highest BCUT2D eigenvalue weighted by Gasteiger charge is 2.26. The summed E-state index contributed by atoms with van der Waals surface area (Å²) in [5.74, 6) is 1.10. The zero-order chi connectivity index (χ0) is 14.1. The van der Waals surface area contributed by atoms with Crippen LogP contribution in [0.25, 0.3) is 0 Å². The van der Waals surface area contributed by atoms with Crippen LogP contribution in [0.1, 0.15) is 29.5 Å². The Morgan fingerprint density at radius 3 is 2.30 bits per heavy atom. The number of hydrogen-bond donors (Lipinski definition) is 2. The van der Waals surface area contributed by atoms with Crippen LogP contribution in [-0.2, 0) is 12.8 Å². The molecule has 3 nitrogen and oxygen atoms in total. The Kier molecular flexibility index (Phi) is 3.26. The van der Waals surface area contributed by atoms with E-state index < -0.39 is 0 Å². The van der Waals surface area contributed by atoms with Gasteiger partial charge < -0.3 is 16.2 Å². The van der Waals surface area contributed by atoms with Crippen LogP contribution in [0.15, 0.2) is 36.4 Å². The first kappa shape index (κ1) is 12.9. The van der Waals surface area contributed by atoms with Gasteiger partial charge in [-0.2, -0.15) is 0 Å². The Balaban J connectivity index is 1.98. The van der Waals surface area contributed by atoms with E-state index in [-0.39, 0.29) is 0 Å². The quantitative estimate of drug-likeness (QED) is 0.841. The molecule has 3 heteroatoms. The number of rotatable bonds is 3. The van der Waals surface area contributed by atoms with Crippen molar-refractivity contribution in [2.45, 2.75) is 25.7 Å². The van der Waals surface area contributed by atoms with E-state index in [1.807, 2.05) is 19.1 Å². The molecule has 0 amide bonds. The number of hydrogen-bond acceptors (Lipinski definition) is 3. The van der Waals surface area contributed by atoms with Crippen LogP contribution in [0, 0.1) is 0 Å². The molecule has 0 heterocycles. The largest absolute Gasteiger partial charge is 0.492 e. The predicted octanol–water partition coefficient (Wildman–Crippen LogP) is 3.13. The molecule has 3 rings (SSSR count). The first-order valence-electron chi connectivity index (χ1n) is 7.08. The molecule has 20 heavy (non-hydrogen) atoms. The van der Waals surface area contributed by atoms with E-state index in [9.17, 15) is 0 Å². The SMILES string of the molecule is CCOc1ccc(N)c(C2Cc3ccccc3C2)c1N. The summed E-state index contributed by atoms with van der Waals surface area (Å²) in [4.78, 5) is 0. The van der Waals surface area contributed by atoms with Crippen molar-refractivity contribution in [1.82, 2.24) is 0 Å². The second-order valence-corrected chi connectivity index (χ2v) is 5.29. The Morgan fingerprint density at radius 2 is 1.70 bits per heavy atom. The van der Waals surface area contributed by atoms with Gasteiger partial charge in [-0.05, 0) is 48.9 Å². The Labute approximate surface area is 119 Å². The maximum Gasteiger partial charge on any atom is 0.142 e. The van der Waals surface area contributed by atoms with E-state index in [0.717, 1.165) is 29.8 Å². The van der Waals surface area contributed by atoms with Gasteiger partial charge in [-0.1, -0.05) is 24.3 Å². The smallest absolute Gasteiger partial charge is 0.142 e. The van der Waals surface area contributed by atoms with Crippen molar-refractivity contribution in [2.24, 2.45) is 0 Å². The third-order valence-corrected chi connectivity index (χ3v) is 4.04. The lowest BCUT2D eigenvalue weighted by atomic mass is 9.92. The summed E-state index contributed by atoms with van der Waals surface area (Å²) in [6.45, 7) is 2.57. The molecule has 0 saturated carbocycles. The monoisotopic (exact) mass is 268 g/mol. The molecule has 4 N–H and O–H groups in total. The minimum absolute atomic E-state index is 0.354. The normalized spacial score (nSPS) is 14.2. The van der Waals surface area contributed by atoms with Gasteiger partial charge in [0, 0.05) is 11.3 Å². The highest BCUT2D eigenvalue weighted by molar-refractivity contribution is 5.70. The Morgan fingerprint density at radius 1 is 1.05 bits per heavy atom. The molecule has 0 aromatic heterocycles. The van der Waals surface area contributed by atoms with Crippen LogP contribution < -0.4 is 16.2 Å². The van der Waals surface area contributed by atoms with Gasteiger partial charge in [-0.15, -0.1) is 0 Å². The average Bonchev–Trinajstić information content (AvgIpc) is 2.85. The molecule has 0 aliphatic heterocycles. The van der Waals surface area contributed by atoms with Gasteiger partial charge in [0.2, 0.25) is 0 Å². The van der Waals surface area contributed by atoms with Gasteiger partial charge in [0.1, 0.15) is 5.75 Å². The molecular weight excluding hydrogens is 248 g/mol. The topological polar surface area (TPSA) is 61.3 Å². The van der Waals surface area contributed by atoms with Gasteiger partial charge in [0.05, 0.1) is 12.3 Å². The van der Waals surface area contributed by atoms with Crippen LogP contribution in [0.3, 0.4) is 0 Å². The first-order chi connectivity index (χ1) is 9.70. The van der Waals surface area contributed by atoms with Crippen LogP contribution in [-0.4, -0.2) is 6.61 Å². The lowest BCUT2D eigenvalue weighted by Crippen LogP contribution is -2.09. The maximum atomic E-state index is 6.28. The average molecular weight is 268 g/mol. The molecule has 104 valence electrons. The van der Waals surface area contributed by atoms with Crippen LogP contribution in [0.2, 0.25) is 0 Å². The van der Waals surface area contributed by atoms with E-state index in [1.165, 1.54) is 11.1 Å². The van der Waals surface area contributed by atoms with Crippen LogP contribution >= 0.6 is 0 Å². The van der Waals surface area contributed by atoms with E-state index in [1.54, 1.807) is 0 Å². The molecule has 0 atom stereocenters. The Bertz CT molecular complexity index is 612. The lowest BCUT2D eigenvalue weighted by molar-refractivity contribution is 0.341. The molecule has 2 aromatic rings.